The highest BCUT2D eigenvalue weighted by Gasteiger charge is 2.20. The van der Waals surface area contributed by atoms with E-state index in [0.29, 0.717) is 0 Å². The van der Waals surface area contributed by atoms with Crippen LogP contribution in [0, 0.1) is 0 Å². The van der Waals surface area contributed by atoms with Gasteiger partial charge in [-0.25, -0.2) is 4.98 Å². The molecule has 1 N–H and O–H groups in total. The molecule has 0 saturated heterocycles. The van der Waals surface area contributed by atoms with Crippen molar-refractivity contribution in [2.45, 2.75) is 19.5 Å². The second-order valence-electron chi connectivity index (χ2n) is 6.77. The summed E-state index contributed by atoms with van der Waals surface area (Å²) in [5.41, 5.74) is 3.69. The monoisotopic (exact) mass is 372 g/mol. The first kappa shape index (κ1) is 16.3. The molecule has 0 radical (unpaired) electrons. The van der Waals surface area contributed by atoms with Crippen LogP contribution in [-0.2, 0) is 19.5 Å². The number of para-hydroxylation sites is 1. The molecule has 134 valence electrons. The number of nitrogens with one attached hydrogen (secondary N) is 1. The molecule has 1 aliphatic rings. The Kier molecular flexibility index (Phi) is 4.22. The van der Waals surface area contributed by atoms with E-state index in [0.717, 1.165) is 48.7 Å². The Balaban J connectivity index is 1.48. The van der Waals surface area contributed by atoms with E-state index in [-0.39, 0.29) is 0 Å². The highest BCUT2D eigenvalue weighted by atomic mass is 32.1. The van der Waals surface area contributed by atoms with Gasteiger partial charge in [-0.2, -0.15) is 4.98 Å². The molecule has 3 heterocycles. The van der Waals surface area contributed by atoms with E-state index in [9.17, 15) is 0 Å². The average molecular weight is 372 g/mol. The normalized spacial score (nSPS) is 13.6. The van der Waals surface area contributed by atoms with Gasteiger partial charge >= 0.3 is 0 Å². The number of anilines is 2. The summed E-state index contributed by atoms with van der Waals surface area (Å²) in [5.74, 6) is 1.71. The summed E-state index contributed by atoms with van der Waals surface area (Å²) in [4.78, 5) is 13.5. The van der Waals surface area contributed by atoms with E-state index in [1.54, 1.807) is 0 Å². The van der Waals surface area contributed by atoms with E-state index in [1.807, 2.05) is 29.5 Å². The van der Waals surface area contributed by atoms with Gasteiger partial charge in [0.1, 0.15) is 5.82 Å². The minimum absolute atomic E-state index is 0.746. The van der Waals surface area contributed by atoms with Gasteiger partial charge in [-0.3, -0.25) is 0 Å². The van der Waals surface area contributed by atoms with Crippen molar-refractivity contribution >= 4 is 34.0 Å². The minimum Gasteiger partial charge on any atom is -0.365 e. The maximum absolute atomic E-state index is 4.91. The number of thiophene rings is 1. The van der Waals surface area contributed by atoms with Crippen molar-refractivity contribution in [1.29, 1.82) is 0 Å². The van der Waals surface area contributed by atoms with Crippen molar-refractivity contribution in [3.8, 4) is 0 Å². The maximum Gasteiger partial charge on any atom is 0.228 e. The van der Waals surface area contributed by atoms with Gasteiger partial charge in [0.25, 0.3) is 0 Å². The van der Waals surface area contributed by atoms with Crippen LogP contribution in [-0.4, -0.2) is 16.5 Å². The maximum atomic E-state index is 4.91. The van der Waals surface area contributed by atoms with Crippen molar-refractivity contribution in [3.05, 3.63) is 82.0 Å². The quantitative estimate of drug-likeness (QED) is 0.555. The first-order chi connectivity index (χ1) is 13.4. The van der Waals surface area contributed by atoms with Crippen molar-refractivity contribution in [1.82, 2.24) is 9.97 Å². The molecule has 0 amide bonds. The van der Waals surface area contributed by atoms with Crippen molar-refractivity contribution < 1.29 is 0 Å². The van der Waals surface area contributed by atoms with Gasteiger partial charge in [0.2, 0.25) is 5.95 Å². The van der Waals surface area contributed by atoms with Gasteiger partial charge in [-0.05, 0) is 41.1 Å². The van der Waals surface area contributed by atoms with Gasteiger partial charge in [-0.15, -0.1) is 11.3 Å². The summed E-state index contributed by atoms with van der Waals surface area (Å²) in [6.45, 7) is 2.60. The van der Waals surface area contributed by atoms with Crippen LogP contribution in [0.25, 0.3) is 10.9 Å². The van der Waals surface area contributed by atoms with Gasteiger partial charge in [-0.1, -0.05) is 42.5 Å². The average Bonchev–Trinajstić information content (AvgIpc) is 3.20. The third kappa shape index (κ3) is 3.26. The summed E-state index contributed by atoms with van der Waals surface area (Å²) in [7, 11) is 0. The van der Waals surface area contributed by atoms with Gasteiger partial charge in [0.05, 0.1) is 12.1 Å². The van der Waals surface area contributed by atoms with Crippen molar-refractivity contribution in [2.75, 3.05) is 16.8 Å². The van der Waals surface area contributed by atoms with Crippen LogP contribution < -0.4 is 10.2 Å². The fraction of sp³-hybridized carbons (Fsp3) is 0.182. The molecule has 2 aromatic heterocycles. The molecule has 4 nitrogen and oxygen atoms in total. The van der Waals surface area contributed by atoms with Crippen LogP contribution in [0.3, 0.4) is 0 Å². The molecular formula is C22H20N4S. The number of nitrogens with zero attached hydrogens (tertiary/aromatic N) is 3. The molecule has 0 aliphatic carbocycles. The lowest BCUT2D eigenvalue weighted by molar-refractivity contribution is 0.722. The molecule has 5 rings (SSSR count). The van der Waals surface area contributed by atoms with Crippen LogP contribution in [0.1, 0.15) is 16.0 Å². The van der Waals surface area contributed by atoms with E-state index in [4.69, 9.17) is 9.97 Å². The molecule has 0 atom stereocenters. The molecule has 5 heteroatoms. The number of benzene rings is 2. The largest absolute Gasteiger partial charge is 0.365 e. The Morgan fingerprint density at radius 1 is 0.963 bits per heavy atom. The molecule has 1 aliphatic heterocycles. The number of rotatable bonds is 4. The number of aromatic nitrogens is 2. The fourth-order valence-electron chi connectivity index (χ4n) is 3.53. The van der Waals surface area contributed by atoms with E-state index >= 15 is 0 Å². The summed E-state index contributed by atoms with van der Waals surface area (Å²) in [6.07, 6.45) is 1.06. The first-order valence-corrected chi connectivity index (χ1v) is 10.1. The zero-order chi connectivity index (χ0) is 18.1. The highest BCUT2D eigenvalue weighted by Crippen LogP contribution is 2.29. The second-order valence-corrected chi connectivity index (χ2v) is 7.77. The zero-order valence-corrected chi connectivity index (χ0v) is 15.7. The fourth-order valence-corrected chi connectivity index (χ4v) is 4.48. The summed E-state index contributed by atoms with van der Waals surface area (Å²) >= 11 is 1.83. The van der Waals surface area contributed by atoms with E-state index in [2.05, 4.69) is 58.1 Å². The molecular weight excluding hydrogens is 352 g/mol. The minimum atomic E-state index is 0.746. The van der Waals surface area contributed by atoms with E-state index < -0.39 is 0 Å². The topological polar surface area (TPSA) is 41.1 Å². The van der Waals surface area contributed by atoms with Crippen molar-refractivity contribution in [2.24, 2.45) is 0 Å². The molecule has 27 heavy (non-hydrogen) atoms. The SMILES string of the molecule is c1ccc(CNc2nc(N3CCc4ccsc4C3)nc3ccccc23)cc1. The lowest BCUT2D eigenvalue weighted by Crippen LogP contribution is -2.31. The van der Waals surface area contributed by atoms with Gasteiger partial charge in [0, 0.05) is 23.4 Å². The molecule has 0 spiro atoms. The standard InChI is InChI=1S/C22H20N4S/c1-2-6-16(7-3-1)14-23-21-18-8-4-5-9-19(18)24-22(25-21)26-12-10-17-11-13-27-20(17)15-26/h1-9,11,13H,10,12,14-15H2,(H,23,24,25). The van der Waals surface area contributed by atoms with Crippen LogP contribution in [0.2, 0.25) is 0 Å². The predicted octanol–water partition coefficient (Wildman–Crippen LogP) is 4.87. The zero-order valence-electron chi connectivity index (χ0n) is 14.9. The molecule has 0 saturated carbocycles. The Hall–Kier alpha value is -2.92. The van der Waals surface area contributed by atoms with Crippen LogP contribution >= 0.6 is 11.3 Å². The van der Waals surface area contributed by atoms with Crippen molar-refractivity contribution in [3.63, 3.8) is 0 Å². The number of fused-ring (bicyclic) bond motifs is 2. The van der Waals surface area contributed by atoms with Crippen LogP contribution in [0.5, 0.6) is 0 Å². The first-order valence-electron chi connectivity index (χ1n) is 9.21. The third-order valence-electron chi connectivity index (χ3n) is 5.00. The van der Waals surface area contributed by atoms with Crippen LogP contribution in [0.15, 0.2) is 66.0 Å². The Morgan fingerprint density at radius 2 is 1.81 bits per heavy atom. The Morgan fingerprint density at radius 3 is 2.74 bits per heavy atom. The summed E-state index contributed by atoms with van der Waals surface area (Å²) in [6, 6.07) is 20.9. The predicted molar refractivity (Wildman–Crippen MR) is 112 cm³/mol. The lowest BCUT2D eigenvalue weighted by Gasteiger charge is -2.27. The second kappa shape index (κ2) is 7.00. The Bertz CT molecular complexity index is 1070. The highest BCUT2D eigenvalue weighted by molar-refractivity contribution is 7.10. The lowest BCUT2D eigenvalue weighted by atomic mass is 10.1. The molecule has 0 fully saturated rings. The van der Waals surface area contributed by atoms with Crippen LogP contribution in [0.4, 0.5) is 11.8 Å². The number of hydrogen-bond acceptors (Lipinski definition) is 5. The summed E-state index contributed by atoms with van der Waals surface area (Å²) in [5, 5.41) is 6.77. The third-order valence-corrected chi connectivity index (χ3v) is 5.95. The van der Waals surface area contributed by atoms with E-state index in [1.165, 1.54) is 16.0 Å². The smallest absolute Gasteiger partial charge is 0.228 e. The van der Waals surface area contributed by atoms with Gasteiger partial charge in [0.15, 0.2) is 0 Å². The Labute approximate surface area is 162 Å². The molecule has 2 aromatic carbocycles. The molecule has 0 unspecified atom stereocenters. The molecule has 0 bridgehead atoms. The summed E-state index contributed by atoms with van der Waals surface area (Å²) < 4.78 is 0. The molecule has 4 aromatic rings. The number of hydrogen-bond donors (Lipinski definition) is 1. The van der Waals surface area contributed by atoms with Gasteiger partial charge < -0.3 is 10.2 Å².